The van der Waals surface area contributed by atoms with Gasteiger partial charge in [-0.2, -0.15) is 0 Å². The summed E-state index contributed by atoms with van der Waals surface area (Å²) in [5, 5.41) is 6.58. The fourth-order valence-corrected chi connectivity index (χ4v) is 3.08. The summed E-state index contributed by atoms with van der Waals surface area (Å²) in [5.74, 6) is -0.182. The van der Waals surface area contributed by atoms with E-state index >= 15 is 0 Å². The number of hydrogen-bond acceptors (Lipinski definition) is 6. The number of amides is 3. The number of benzene rings is 2. The zero-order valence-corrected chi connectivity index (χ0v) is 15.5. The third-order valence-electron chi connectivity index (χ3n) is 4.56. The van der Waals surface area contributed by atoms with Gasteiger partial charge in [-0.1, -0.05) is 29.4 Å². The number of carbonyl (C=O) groups excluding carboxylic acids is 3. The Bertz CT molecular complexity index is 1070. The van der Waals surface area contributed by atoms with E-state index in [2.05, 4.69) is 10.5 Å². The summed E-state index contributed by atoms with van der Waals surface area (Å²) in [7, 11) is 1.58. The third-order valence-corrected chi connectivity index (χ3v) is 4.56. The number of imide groups is 1. The Morgan fingerprint density at radius 1 is 1.07 bits per heavy atom. The van der Waals surface area contributed by atoms with Crippen LogP contribution in [0.25, 0.3) is 11.3 Å². The Kier molecular flexibility index (Phi) is 4.82. The Labute approximate surface area is 166 Å². The molecule has 4 rings (SSSR count). The maximum absolute atomic E-state index is 12.3. The molecule has 3 amide bonds. The lowest BCUT2D eigenvalue weighted by Gasteiger charge is -2.13. The molecule has 0 bridgehead atoms. The molecule has 1 aliphatic rings. The van der Waals surface area contributed by atoms with Gasteiger partial charge in [0.15, 0.2) is 5.76 Å². The Hall–Kier alpha value is -3.94. The Morgan fingerprint density at radius 3 is 2.48 bits per heavy atom. The second-order valence-corrected chi connectivity index (χ2v) is 6.43. The topological polar surface area (TPSA) is 102 Å². The third kappa shape index (κ3) is 3.60. The van der Waals surface area contributed by atoms with Crippen molar-refractivity contribution in [2.45, 2.75) is 6.54 Å². The molecule has 146 valence electrons. The van der Waals surface area contributed by atoms with Crippen molar-refractivity contribution in [3.63, 3.8) is 0 Å². The van der Waals surface area contributed by atoms with E-state index in [4.69, 9.17) is 9.26 Å². The van der Waals surface area contributed by atoms with E-state index in [1.807, 2.05) is 24.3 Å². The predicted molar refractivity (Wildman–Crippen MR) is 102 cm³/mol. The van der Waals surface area contributed by atoms with Crippen LogP contribution in [0.5, 0.6) is 5.75 Å². The molecule has 3 aromatic rings. The number of methoxy groups -OCH3 is 1. The predicted octanol–water partition coefficient (Wildman–Crippen LogP) is 2.26. The smallest absolute Gasteiger partial charge is 0.262 e. The van der Waals surface area contributed by atoms with Crippen LogP contribution in [-0.4, -0.2) is 41.4 Å². The van der Waals surface area contributed by atoms with Gasteiger partial charge >= 0.3 is 0 Å². The van der Waals surface area contributed by atoms with Crippen LogP contribution in [0.15, 0.2) is 59.1 Å². The Balaban J connectivity index is 1.37. The summed E-state index contributed by atoms with van der Waals surface area (Å²) in [6, 6.07) is 15.5. The van der Waals surface area contributed by atoms with Crippen molar-refractivity contribution in [2.75, 3.05) is 13.7 Å². The van der Waals surface area contributed by atoms with Gasteiger partial charge in [-0.05, 0) is 24.3 Å². The molecule has 1 aromatic heterocycles. The first-order valence-electron chi connectivity index (χ1n) is 8.89. The summed E-state index contributed by atoms with van der Waals surface area (Å²) < 4.78 is 10.5. The van der Waals surface area contributed by atoms with Crippen molar-refractivity contribution in [3.05, 3.63) is 71.4 Å². The van der Waals surface area contributed by atoms with E-state index < -0.39 is 17.7 Å². The molecule has 0 saturated carbocycles. The molecule has 2 aromatic carbocycles. The highest BCUT2D eigenvalue weighted by molar-refractivity contribution is 6.22. The number of nitrogens with one attached hydrogen (secondary N) is 1. The van der Waals surface area contributed by atoms with Crippen LogP contribution < -0.4 is 10.1 Å². The summed E-state index contributed by atoms with van der Waals surface area (Å²) in [4.78, 5) is 37.8. The van der Waals surface area contributed by atoms with Gasteiger partial charge in [0.1, 0.15) is 18.0 Å². The summed E-state index contributed by atoms with van der Waals surface area (Å²) in [6.45, 7) is -0.248. The van der Waals surface area contributed by atoms with Gasteiger partial charge in [0.25, 0.3) is 11.8 Å². The maximum Gasteiger partial charge on any atom is 0.262 e. The SMILES string of the molecule is COc1cccc(-c2cc(CNC(=O)CN3C(=O)c4ccccc4C3=O)no2)c1. The lowest BCUT2D eigenvalue weighted by Crippen LogP contribution is -2.40. The fraction of sp³-hybridized carbons (Fsp3) is 0.143. The molecule has 8 heteroatoms. The quantitative estimate of drug-likeness (QED) is 0.647. The van der Waals surface area contributed by atoms with Crippen LogP contribution >= 0.6 is 0 Å². The van der Waals surface area contributed by atoms with Gasteiger partial charge in [-0.3, -0.25) is 19.3 Å². The zero-order valence-electron chi connectivity index (χ0n) is 15.5. The normalized spacial score (nSPS) is 12.8. The lowest BCUT2D eigenvalue weighted by molar-refractivity contribution is -0.121. The average Bonchev–Trinajstić information content (AvgIpc) is 3.32. The van der Waals surface area contributed by atoms with Crippen LogP contribution in [0.2, 0.25) is 0 Å². The first-order chi connectivity index (χ1) is 14.1. The van der Waals surface area contributed by atoms with Crippen molar-refractivity contribution in [3.8, 4) is 17.1 Å². The highest BCUT2D eigenvalue weighted by Gasteiger charge is 2.36. The van der Waals surface area contributed by atoms with Gasteiger partial charge in [0.05, 0.1) is 24.8 Å². The molecule has 0 spiro atoms. The van der Waals surface area contributed by atoms with Crippen molar-refractivity contribution in [1.29, 1.82) is 0 Å². The highest BCUT2D eigenvalue weighted by Crippen LogP contribution is 2.24. The van der Waals surface area contributed by atoms with Crippen LogP contribution in [0.1, 0.15) is 26.4 Å². The van der Waals surface area contributed by atoms with Crippen molar-refractivity contribution >= 4 is 17.7 Å². The second kappa shape index (κ2) is 7.59. The van der Waals surface area contributed by atoms with E-state index in [9.17, 15) is 14.4 Å². The first kappa shape index (κ1) is 18.4. The van der Waals surface area contributed by atoms with E-state index in [0.717, 1.165) is 10.5 Å². The van der Waals surface area contributed by atoms with Crippen LogP contribution in [0, 0.1) is 0 Å². The molecule has 8 nitrogen and oxygen atoms in total. The van der Waals surface area contributed by atoms with Crippen LogP contribution in [0.4, 0.5) is 0 Å². The van der Waals surface area contributed by atoms with Crippen molar-refractivity contribution in [1.82, 2.24) is 15.4 Å². The molecule has 0 saturated heterocycles. The van der Waals surface area contributed by atoms with Gasteiger partial charge in [0, 0.05) is 11.6 Å². The molecule has 0 atom stereocenters. The van der Waals surface area contributed by atoms with Crippen molar-refractivity contribution in [2.24, 2.45) is 0 Å². The van der Waals surface area contributed by atoms with E-state index in [-0.39, 0.29) is 13.1 Å². The monoisotopic (exact) mass is 391 g/mol. The molecule has 2 heterocycles. The molecule has 0 fully saturated rings. The van der Waals surface area contributed by atoms with E-state index in [0.29, 0.717) is 28.3 Å². The summed E-state index contributed by atoms with van der Waals surface area (Å²) in [6.07, 6.45) is 0. The molecular formula is C21H17N3O5. The molecule has 0 unspecified atom stereocenters. The molecule has 1 N–H and O–H groups in total. The molecular weight excluding hydrogens is 374 g/mol. The largest absolute Gasteiger partial charge is 0.497 e. The van der Waals surface area contributed by atoms with Gasteiger partial charge < -0.3 is 14.6 Å². The minimum Gasteiger partial charge on any atom is -0.497 e. The Morgan fingerprint density at radius 2 is 1.79 bits per heavy atom. The number of hydrogen-bond donors (Lipinski definition) is 1. The molecule has 29 heavy (non-hydrogen) atoms. The maximum atomic E-state index is 12.3. The number of ether oxygens (including phenoxy) is 1. The summed E-state index contributed by atoms with van der Waals surface area (Å²) in [5.41, 5.74) is 1.92. The summed E-state index contributed by atoms with van der Waals surface area (Å²) >= 11 is 0. The molecule has 1 aliphatic heterocycles. The van der Waals surface area contributed by atoms with Crippen LogP contribution in [-0.2, 0) is 11.3 Å². The zero-order chi connectivity index (χ0) is 20.4. The second-order valence-electron chi connectivity index (χ2n) is 6.43. The van der Waals surface area contributed by atoms with Crippen molar-refractivity contribution < 1.29 is 23.6 Å². The number of aromatic nitrogens is 1. The average molecular weight is 391 g/mol. The molecule has 0 radical (unpaired) electrons. The minimum atomic E-state index is -0.470. The lowest BCUT2D eigenvalue weighted by atomic mass is 10.1. The van der Waals surface area contributed by atoms with Crippen LogP contribution in [0.3, 0.4) is 0 Å². The number of carbonyl (C=O) groups is 3. The minimum absolute atomic E-state index is 0.107. The van der Waals surface area contributed by atoms with E-state index in [1.54, 1.807) is 37.4 Å². The van der Waals surface area contributed by atoms with Gasteiger partial charge in [-0.25, -0.2) is 0 Å². The highest BCUT2D eigenvalue weighted by atomic mass is 16.5. The number of nitrogens with zero attached hydrogens (tertiary/aromatic N) is 2. The number of fused-ring (bicyclic) bond motifs is 1. The van der Waals surface area contributed by atoms with Gasteiger partial charge in [0.2, 0.25) is 5.91 Å². The van der Waals surface area contributed by atoms with E-state index in [1.165, 1.54) is 0 Å². The first-order valence-corrected chi connectivity index (χ1v) is 8.89. The number of rotatable bonds is 6. The molecule has 0 aliphatic carbocycles. The fourth-order valence-electron chi connectivity index (χ4n) is 3.08. The standard InChI is InChI=1S/C21H17N3O5/c1-28-15-6-4-5-13(9-15)18-10-14(23-29-18)11-22-19(25)12-24-20(26)16-7-2-3-8-17(16)21(24)27/h2-10H,11-12H2,1H3,(H,22,25). The van der Waals surface area contributed by atoms with Gasteiger partial charge in [-0.15, -0.1) is 0 Å².